The molecule has 0 atom stereocenters. The first-order chi connectivity index (χ1) is 5.70. The van der Waals surface area contributed by atoms with Crippen LogP contribution in [0.3, 0.4) is 0 Å². The van der Waals surface area contributed by atoms with Crippen LogP contribution >= 0.6 is 0 Å². The summed E-state index contributed by atoms with van der Waals surface area (Å²) < 4.78 is 13.2. The van der Waals surface area contributed by atoms with E-state index in [0.29, 0.717) is 11.1 Å². The molecular weight excluding hydrogens is 155 g/mol. The number of hydrogen-bond acceptors (Lipinski definition) is 1. The van der Waals surface area contributed by atoms with Gasteiger partial charge in [-0.2, -0.15) is 0 Å². The van der Waals surface area contributed by atoms with Crippen LogP contribution in [0.15, 0.2) is 18.2 Å². The molecule has 0 bridgehead atoms. The molecular formula is C9H9FN2. The molecule has 12 heavy (non-hydrogen) atoms. The Morgan fingerprint density at radius 2 is 2.17 bits per heavy atom. The first-order valence-electron chi connectivity index (χ1n) is 3.72. The molecule has 3 N–H and O–H groups in total. The maximum absolute atomic E-state index is 13.2. The van der Waals surface area contributed by atoms with Crippen LogP contribution in [0.2, 0.25) is 0 Å². The number of rotatable bonds is 0. The lowest BCUT2D eigenvalue weighted by Gasteiger charge is -1.92. The number of anilines is 1. The number of aromatic amines is 1. The molecule has 1 aromatic heterocycles. The van der Waals surface area contributed by atoms with Crippen molar-refractivity contribution in [2.75, 3.05) is 5.73 Å². The number of aryl methyl sites for hydroxylation is 1. The van der Waals surface area contributed by atoms with Gasteiger partial charge in [0.05, 0.1) is 16.6 Å². The van der Waals surface area contributed by atoms with Crippen molar-refractivity contribution in [3.05, 3.63) is 29.7 Å². The fourth-order valence-corrected chi connectivity index (χ4v) is 1.36. The van der Waals surface area contributed by atoms with Gasteiger partial charge in [-0.3, -0.25) is 0 Å². The lowest BCUT2D eigenvalue weighted by atomic mass is 10.2. The van der Waals surface area contributed by atoms with Crippen molar-refractivity contribution < 1.29 is 4.39 Å². The lowest BCUT2D eigenvalue weighted by molar-refractivity contribution is 0.640. The zero-order valence-corrected chi connectivity index (χ0v) is 6.69. The smallest absolute Gasteiger partial charge is 0.134 e. The van der Waals surface area contributed by atoms with E-state index in [1.807, 2.05) is 13.0 Å². The highest BCUT2D eigenvalue weighted by Gasteiger charge is 2.07. The van der Waals surface area contributed by atoms with Crippen molar-refractivity contribution in [2.45, 2.75) is 6.92 Å². The second kappa shape index (κ2) is 2.24. The Kier molecular flexibility index (Phi) is 1.33. The zero-order chi connectivity index (χ0) is 8.72. The number of fused-ring (bicyclic) bond motifs is 1. The van der Waals surface area contributed by atoms with Gasteiger partial charge in [-0.1, -0.05) is 6.07 Å². The van der Waals surface area contributed by atoms with E-state index in [0.717, 1.165) is 11.2 Å². The number of benzene rings is 1. The molecule has 2 nitrogen and oxygen atoms in total. The Labute approximate surface area is 69.2 Å². The van der Waals surface area contributed by atoms with Gasteiger partial charge in [0.15, 0.2) is 0 Å². The summed E-state index contributed by atoms with van der Waals surface area (Å²) in [6.07, 6.45) is 0. The van der Waals surface area contributed by atoms with E-state index in [9.17, 15) is 4.39 Å². The van der Waals surface area contributed by atoms with Gasteiger partial charge in [0, 0.05) is 5.69 Å². The van der Waals surface area contributed by atoms with Crippen LogP contribution in [0, 0.1) is 12.7 Å². The summed E-state index contributed by atoms with van der Waals surface area (Å²) in [6, 6.07) is 4.88. The number of hydrogen-bond donors (Lipinski definition) is 2. The third-order valence-corrected chi connectivity index (χ3v) is 2.01. The predicted octanol–water partition coefficient (Wildman–Crippen LogP) is 2.20. The Balaban J connectivity index is 2.97. The number of nitrogen functional groups attached to an aromatic ring is 1. The molecule has 0 saturated heterocycles. The van der Waals surface area contributed by atoms with E-state index >= 15 is 0 Å². The van der Waals surface area contributed by atoms with Crippen molar-refractivity contribution >= 4 is 16.6 Å². The van der Waals surface area contributed by atoms with Gasteiger partial charge >= 0.3 is 0 Å². The van der Waals surface area contributed by atoms with Gasteiger partial charge in [-0.15, -0.1) is 0 Å². The number of aromatic nitrogens is 1. The second-order valence-corrected chi connectivity index (χ2v) is 2.83. The number of halogens is 1. The van der Waals surface area contributed by atoms with Crippen LogP contribution in [0.1, 0.15) is 5.69 Å². The number of nitrogens with two attached hydrogens (primary N) is 1. The van der Waals surface area contributed by atoms with Gasteiger partial charge in [-0.25, -0.2) is 4.39 Å². The molecule has 0 spiro atoms. The molecule has 0 aliphatic heterocycles. The summed E-state index contributed by atoms with van der Waals surface area (Å²) in [7, 11) is 0. The molecule has 2 rings (SSSR count). The monoisotopic (exact) mass is 164 g/mol. The molecule has 1 aromatic carbocycles. The van der Waals surface area contributed by atoms with E-state index in [-0.39, 0.29) is 5.82 Å². The molecule has 0 unspecified atom stereocenters. The van der Waals surface area contributed by atoms with Gasteiger partial charge in [-0.05, 0) is 19.1 Å². The fourth-order valence-electron chi connectivity index (χ4n) is 1.36. The number of H-pyrrole nitrogens is 1. The van der Waals surface area contributed by atoms with Crippen LogP contribution < -0.4 is 5.73 Å². The molecule has 0 aliphatic carbocycles. The SMILES string of the molecule is Cc1[nH]c2cccc(F)c2c1N. The van der Waals surface area contributed by atoms with E-state index < -0.39 is 0 Å². The van der Waals surface area contributed by atoms with Crippen LogP contribution in [0.25, 0.3) is 10.9 Å². The van der Waals surface area contributed by atoms with Crippen molar-refractivity contribution in [1.29, 1.82) is 0 Å². The number of nitrogens with one attached hydrogen (secondary N) is 1. The highest BCUT2D eigenvalue weighted by atomic mass is 19.1. The Morgan fingerprint density at radius 1 is 1.42 bits per heavy atom. The predicted molar refractivity (Wildman–Crippen MR) is 47.4 cm³/mol. The van der Waals surface area contributed by atoms with E-state index in [4.69, 9.17) is 5.73 Å². The van der Waals surface area contributed by atoms with Crippen molar-refractivity contribution in [3.8, 4) is 0 Å². The van der Waals surface area contributed by atoms with Crippen LogP contribution in [0.5, 0.6) is 0 Å². The van der Waals surface area contributed by atoms with Crippen molar-refractivity contribution in [2.24, 2.45) is 0 Å². The Hall–Kier alpha value is -1.51. The van der Waals surface area contributed by atoms with Crippen LogP contribution in [-0.4, -0.2) is 4.98 Å². The summed E-state index contributed by atoms with van der Waals surface area (Å²) >= 11 is 0. The van der Waals surface area contributed by atoms with E-state index in [2.05, 4.69) is 4.98 Å². The Morgan fingerprint density at radius 3 is 2.83 bits per heavy atom. The minimum Gasteiger partial charge on any atom is -0.397 e. The molecule has 62 valence electrons. The topological polar surface area (TPSA) is 41.8 Å². The lowest BCUT2D eigenvalue weighted by Crippen LogP contribution is -1.86. The fraction of sp³-hybridized carbons (Fsp3) is 0.111. The molecule has 0 aliphatic rings. The normalized spacial score (nSPS) is 10.8. The minimum atomic E-state index is -0.269. The highest BCUT2D eigenvalue weighted by Crippen LogP contribution is 2.26. The molecule has 0 fully saturated rings. The third kappa shape index (κ3) is 0.794. The van der Waals surface area contributed by atoms with E-state index in [1.165, 1.54) is 6.07 Å². The van der Waals surface area contributed by atoms with Crippen molar-refractivity contribution in [3.63, 3.8) is 0 Å². The molecule has 1 heterocycles. The largest absolute Gasteiger partial charge is 0.397 e. The van der Waals surface area contributed by atoms with Gasteiger partial charge < -0.3 is 10.7 Å². The molecule has 0 saturated carbocycles. The zero-order valence-electron chi connectivity index (χ0n) is 6.69. The second-order valence-electron chi connectivity index (χ2n) is 2.83. The van der Waals surface area contributed by atoms with Gasteiger partial charge in [0.1, 0.15) is 5.82 Å². The highest BCUT2D eigenvalue weighted by molar-refractivity contribution is 5.93. The van der Waals surface area contributed by atoms with Crippen LogP contribution in [-0.2, 0) is 0 Å². The summed E-state index contributed by atoms with van der Waals surface area (Å²) in [4.78, 5) is 3.00. The summed E-state index contributed by atoms with van der Waals surface area (Å²) in [5.74, 6) is -0.269. The summed E-state index contributed by atoms with van der Waals surface area (Å²) in [5.41, 5.74) is 7.74. The average Bonchev–Trinajstić information content (AvgIpc) is 2.29. The average molecular weight is 164 g/mol. The molecule has 2 aromatic rings. The maximum Gasteiger partial charge on any atom is 0.134 e. The minimum absolute atomic E-state index is 0.269. The van der Waals surface area contributed by atoms with Crippen molar-refractivity contribution in [1.82, 2.24) is 4.98 Å². The first-order valence-corrected chi connectivity index (χ1v) is 3.72. The standard InChI is InChI=1S/C9H9FN2/c1-5-9(11)8-6(10)3-2-4-7(8)12-5/h2-4,12H,11H2,1H3. The van der Waals surface area contributed by atoms with E-state index in [1.54, 1.807) is 6.07 Å². The molecule has 0 radical (unpaired) electrons. The van der Waals surface area contributed by atoms with Crippen LogP contribution in [0.4, 0.5) is 10.1 Å². The maximum atomic E-state index is 13.2. The summed E-state index contributed by atoms with van der Waals surface area (Å²) in [5, 5.41) is 0.495. The third-order valence-electron chi connectivity index (χ3n) is 2.01. The Bertz CT molecular complexity index is 431. The van der Waals surface area contributed by atoms with Gasteiger partial charge in [0.25, 0.3) is 0 Å². The molecule has 0 amide bonds. The molecule has 3 heteroatoms. The van der Waals surface area contributed by atoms with Gasteiger partial charge in [0.2, 0.25) is 0 Å². The quantitative estimate of drug-likeness (QED) is 0.615. The first kappa shape index (κ1) is 7.16. The summed E-state index contributed by atoms with van der Waals surface area (Å²) in [6.45, 7) is 1.83.